The van der Waals surface area contributed by atoms with E-state index < -0.39 is 0 Å². The number of hydrogen-bond acceptors (Lipinski definition) is 3. The highest BCUT2D eigenvalue weighted by Gasteiger charge is 2.71. The maximum absolute atomic E-state index is 11.8. The molecule has 4 aliphatic carbocycles. The highest BCUT2D eigenvalue weighted by molar-refractivity contribution is 5.97. The Balaban J connectivity index is 1.61. The summed E-state index contributed by atoms with van der Waals surface area (Å²) in [6.07, 6.45) is 5.26. The van der Waals surface area contributed by atoms with Crippen LogP contribution in [0.2, 0.25) is 0 Å². The molecule has 0 aromatic rings. The quantitative estimate of drug-likeness (QED) is 0.362. The van der Waals surface area contributed by atoms with Crippen LogP contribution in [0.3, 0.4) is 0 Å². The van der Waals surface area contributed by atoms with Crippen molar-refractivity contribution in [2.75, 3.05) is 0 Å². The lowest BCUT2D eigenvalue weighted by molar-refractivity contribution is -0.154. The molecule has 5 rings (SSSR count). The number of carbonyl (C=O) groups excluding carboxylic acids is 2. The van der Waals surface area contributed by atoms with E-state index in [1.807, 2.05) is 0 Å². The standard InChI is InChI=1S/C14H16O3/c15-13-11-7-4-8(12(11)14(16)17-13)10-6-2-1-5(3-6)9(7)10/h5-12H,1-4H2. The molecular weight excluding hydrogens is 216 g/mol. The first-order valence-corrected chi connectivity index (χ1v) is 7.01. The van der Waals surface area contributed by atoms with Gasteiger partial charge in [-0.25, -0.2) is 0 Å². The second-order valence-electron chi connectivity index (χ2n) is 6.84. The van der Waals surface area contributed by atoms with Gasteiger partial charge < -0.3 is 4.74 Å². The minimum absolute atomic E-state index is 0.0481. The van der Waals surface area contributed by atoms with Crippen molar-refractivity contribution in [1.82, 2.24) is 0 Å². The molecule has 3 nitrogen and oxygen atoms in total. The fourth-order valence-corrected chi connectivity index (χ4v) is 6.46. The van der Waals surface area contributed by atoms with Gasteiger partial charge in [-0.15, -0.1) is 0 Å². The van der Waals surface area contributed by atoms with E-state index in [0.717, 1.165) is 30.1 Å². The lowest BCUT2D eigenvalue weighted by atomic mass is 9.64. The number of cyclic esters (lactones) is 2. The van der Waals surface area contributed by atoms with Gasteiger partial charge in [0.1, 0.15) is 0 Å². The zero-order valence-corrected chi connectivity index (χ0v) is 9.67. The van der Waals surface area contributed by atoms with Crippen molar-refractivity contribution in [1.29, 1.82) is 0 Å². The van der Waals surface area contributed by atoms with Gasteiger partial charge in [-0.3, -0.25) is 9.59 Å². The van der Waals surface area contributed by atoms with Crippen LogP contribution in [0.25, 0.3) is 0 Å². The van der Waals surface area contributed by atoms with Gasteiger partial charge in [0.2, 0.25) is 0 Å². The van der Waals surface area contributed by atoms with Gasteiger partial charge >= 0.3 is 11.9 Å². The van der Waals surface area contributed by atoms with Crippen molar-refractivity contribution in [3.8, 4) is 0 Å². The van der Waals surface area contributed by atoms with Crippen LogP contribution in [-0.4, -0.2) is 11.9 Å². The molecule has 8 atom stereocenters. The van der Waals surface area contributed by atoms with E-state index in [1.54, 1.807) is 0 Å². The van der Waals surface area contributed by atoms with Gasteiger partial charge in [-0.05, 0) is 61.2 Å². The summed E-state index contributed by atoms with van der Waals surface area (Å²) in [7, 11) is 0. The number of ether oxygens (including phenoxy) is 1. The Kier molecular flexibility index (Phi) is 1.39. The summed E-state index contributed by atoms with van der Waals surface area (Å²) < 4.78 is 4.89. The van der Waals surface area contributed by atoms with Crippen LogP contribution in [0, 0.1) is 47.3 Å². The molecule has 5 fully saturated rings. The third-order valence-electron chi connectivity index (χ3n) is 6.63. The van der Waals surface area contributed by atoms with Crippen LogP contribution in [-0.2, 0) is 14.3 Å². The number of carbonyl (C=O) groups is 2. The minimum Gasteiger partial charge on any atom is -0.393 e. The third kappa shape index (κ3) is 0.829. The van der Waals surface area contributed by atoms with Crippen molar-refractivity contribution in [3.63, 3.8) is 0 Å². The normalized spacial score (nSPS) is 61.9. The zero-order chi connectivity index (χ0) is 11.3. The molecule has 17 heavy (non-hydrogen) atoms. The van der Waals surface area contributed by atoms with E-state index in [-0.39, 0.29) is 23.8 Å². The number of fused-ring (bicyclic) bond motifs is 12. The molecule has 1 heterocycles. The summed E-state index contributed by atoms with van der Waals surface area (Å²) in [5.41, 5.74) is 0. The molecular formula is C14H16O3. The van der Waals surface area contributed by atoms with E-state index in [4.69, 9.17) is 4.74 Å². The van der Waals surface area contributed by atoms with Crippen molar-refractivity contribution in [2.45, 2.75) is 25.7 Å². The Hall–Kier alpha value is -0.860. The van der Waals surface area contributed by atoms with Crippen LogP contribution in [0.1, 0.15) is 25.7 Å². The maximum Gasteiger partial charge on any atom is 0.317 e. The molecule has 0 radical (unpaired) electrons. The molecule has 0 N–H and O–H groups in total. The SMILES string of the molecule is O=C1OC(=O)C2C3CC(C12)C1C2CCC(C2)C31. The Morgan fingerprint density at radius 1 is 0.824 bits per heavy atom. The monoisotopic (exact) mass is 232 g/mol. The minimum atomic E-state index is -0.200. The summed E-state index contributed by atoms with van der Waals surface area (Å²) in [6, 6.07) is 0. The van der Waals surface area contributed by atoms with Crippen LogP contribution in [0.4, 0.5) is 0 Å². The van der Waals surface area contributed by atoms with E-state index in [0.29, 0.717) is 11.8 Å². The van der Waals surface area contributed by atoms with E-state index in [1.165, 1.54) is 19.3 Å². The van der Waals surface area contributed by atoms with E-state index in [2.05, 4.69) is 0 Å². The van der Waals surface area contributed by atoms with Gasteiger partial charge in [0.05, 0.1) is 11.8 Å². The molecule has 3 heteroatoms. The number of rotatable bonds is 0. The Bertz CT molecular complexity index is 405. The molecule has 1 aliphatic heterocycles. The maximum atomic E-state index is 11.8. The molecule has 4 bridgehead atoms. The summed E-state index contributed by atoms with van der Waals surface area (Å²) in [5, 5.41) is 0. The highest BCUT2D eigenvalue weighted by atomic mass is 16.6. The van der Waals surface area contributed by atoms with Gasteiger partial charge in [-0.2, -0.15) is 0 Å². The van der Waals surface area contributed by atoms with Gasteiger partial charge in [0.25, 0.3) is 0 Å². The Morgan fingerprint density at radius 2 is 1.35 bits per heavy atom. The summed E-state index contributed by atoms with van der Waals surface area (Å²) in [4.78, 5) is 23.6. The lowest BCUT2D eigenvalue weighted by Gasteiger charge is -2.38. The third-order valence-corrected chi connectivity index (χ3v) is 6.63. The first-order chi connectivity index (χ1) is 8.25. The molecule has 5 aliphatic rings. The topological polar surface area (TPSA) is 43.4 Å². The molecule has 8 unspecified atom stereocenters. The largest absolute Gasteiger partial charge is 0.393 e. The number of esters is 2. The molecule has 0 aromatic carbocycles. The van der Waals surface area contributed by atoms with Crippen molar-refractivity contribution >= 4 is 11.9 Å². The van der Waals surface area contributed by atoms with Crippen LogP contribution >= 0.6 is 0 Å². The van der Waals surface area contributed by atoms with Crippen molar-refractivity contribution in [3.05, 3.63) is 0 Å². The molecule has 0 spiro atoms. The summed E-state index contributed by atoms with van der Waals surface area (Å²) in [6.45, 7) is 0. The predicted molar refractivity (Wildman–Crippen MR) is 57.5 cm³/mol. The van der Waals surface area contributed by atoms with Crippen LogP contribution in [0.15, 0.2) is 0 Å². The molecule has 1 saturated heterocycles. The fourth-order valence-electron chi connectivity index (χ4n) is 6.46. The van der Waals surface area contributed by atoms with Crippen LogP contribution in [0.5, 0.6) is 0 Å². The smallest absolute Gasteiger partial charge is 0.317 e. The number of hydrogen-bond donors (Lipinski definition) is 0. The first kappa shape index (κ1) is 9.12. The molecule has 0 amide bonds. The highest BCUT2D eigenvalue weighted by Crippen LogP contribution is 2.71. The molecule has 0 aromatic heterocycles. The average molecular weight is 232 g/mol. The predicted octanol–water partition coefficient (Wildman–Crippen LogP) is 1.61. The second kappa shape index (κ2) is 2.60. The Morgan fingerprint density at radius 3 is 1.88 bits per heavy atom. The summed E-state index contributed by atoms with van der Waals surface area (Å²) >= 11 is 0. The first-order valence-electron chi connectivity index (χ1n) is 7.01. The van der Waals surface area contributed by atoms with Gasteiger partial charge in [-0.1, -0.05) is 0 Å². The molecule has 90 valence electrons. The van der Waals surface area contributed by atoms with E-state index in [9.17, 15) is 9.59 Å². The molecule has 4 saturated carbocycles. The lowest BCUT2D eigenvalue weighted by Crippen LogP contribution is -2.39. The van der Waals surface area contributed by atoms with Crippen LogP contribution < -0.4 is 0 Å². The summed E-state index contributed by atoms with van der Waals surface area (Å²) in [5.74, 6) is 3.74. The van der Waals surface area contributed by atoms with Gasteiger partial charge in [0, 0.05) is 0 Å². The Labute approximate surface area is 99.9 Å². The second-order valence-corrected chi connectivity index (χ2v) is 6.84. The fraction of sp³-hybridized carbons (Fsp3) is 0.857. The average Bonchev–Trinajstić information content (AvgIpc) is 3.03. The van der Waals surface area contributed by atoms with Crippen molar-refractivity contribution < 1.29 is 14.3 Å². The van der Waals surface area contributed by atoms with Gasteiger partial charge in [0.15, 0.2) is 0 Å². The van der Waals surface area contributed by atoms with Crippen molar-refractivity contribution in [2.24, 2.45) is 47.3 Å². The van der Waals surface area contributed by atoms with E-state index >= 15 is 0 Å². The zero-order valence-electron chi connectivity index (χ0n) is 9.67.